The van der Waals surface area contributed by atoms with Gasteiger partial charge in [-0.2, -0.15) is 0 Å². The average molecular weight is 334 g/mol. The van der Waals surface area contributed by atoms with Crippen molar-refractivity contribution in [3.8, 4) is 0 Å². The second kappa shape index (κ2) is 11.2. The molecule has 24 heavy (non-hydrogen) atoms. The lowest BCUT2D eigenvalue weighted by Gasteiger charge is -2.19. The van der Waals surface area contributed by atoms with E-state index in [1.807, 2.05) is 0 Å². The van der Waals surface area contributed by atoms with E-state index in [1.165, 1.54) is 35.1 Å². The Balaban J connectivity index is 3.21. The number of aliphatic carboxylic acids is 1. The SMILES string of the molecule is CCCCc1cc(CCCC)c(C[C@H](N)C(=O)O)c(CCCC)c1. The Bertz CT molecular complexity index is 482. The quantitative estimate of drug-likeness (QED) is 0.584. The first-order valence-electron chi connectivity index (χ1n) is 9.65. The molecule has 0 radical (unpaired) electrons. The maximum absolute atomic E-state index is 11.2. The topological polar surface area (TPSA) is 63.3 Å². The molecule has 0 aliphatic rings. The fourth-order valence-corrected chi connectivity index (χ4v) is 3.14. The summed E-state index contributed by atoms with van der Waals surface area (Å²) in [7, 11) is 0. The van der Waals surface area contributed by atoms with E-state index in [2.05, 4.69) is 32.9 Å². The summed E-state index contributed by atoms with van der Waals surface area (Å²) < 4.78 is 0. The highest BCUT2D eigenvalue weighted by molar-refractivity contribution is 5.73. The molecule has 0 saturated carbocycles. The Morgan fingerprint density at radius 2 is 1.42 bits per heavy atom. The summed E-state index contributed by atoms with van der Waals surface area (Å²) in [5.74, 6) is -0.909. The predicted molar refractivity (Wildman–Crippen MR) is 102 cm³/mol. The fourth-order valence-electron chi connectivity index (χ4n) is 3.14. The van der Waals surface area contributed by atoms with Crippen LogP contribution < -0.4 is 5.73 Å². The maximum Gasteiger partial charge on any atom is 0.320 e. The normalized spacial score (nSPS) is 12.3. The van der Waals surface area contributed by atoms with Crippen molar-refractivity contribution in [2.75, 3.05) is 0 Å². The molecule has 0 amide bonds. The Morgan fingerprint density at radius 1 is 0.958 bits per heavy atom. The first kappa shape index (κ1) is 20.7. The van der Waals surface area contributed by atoms with Gasteiger partial charge in [0.15, 0.2) is 0 Å². The van der Waals surface area contributed by atoms with Gasteiger partial charge in [-0.15, -0.1) is 0 Å². The van der Waals surface area contributed by atoms with Gasteiger partial charge in [0, 0.05) is 0 Å². The molecule has 1 aromatic carbocycles. The van der Waals surface area contributed by atoms with E-state index in [0.29, 0.717) is 6.42 Å². The highest BCUT2D eigenvalue weighted by Crippen LogP contribution is 2.24. The van der Waals surface area contributed by atoms with Crippen molar-refractivity contribution in [2.45, 2.75) is 91.0 Å². The minimum atomic E-state index is -0.909. The number of carboxylic acid groups (broad SMARTS) is 1. The number of rotatable bonds is 12. The van der Waals surface area contributed by atoms with E-state index in [0.717, 1.165) is 44.9 Å². The molecule has 0 bridgehead atoms. The molecule has 0 fully saturated rings. The minimum Gasteiger partial charge on any atom is -0.480 e. The number of hydrogen-bond acceptors (Lipinski definition) is 2. The zero-order valence-electron chi connectivity index (χ0n) is 15.7. The van der Waals surface area contributed by atoms with Crippen LogP contribution in [-0.2, 0) is 30.5 Å². The number of hydrogen-bond donors (Lipinski definition) is 2. The smallest absolute Gasteiger partial charge is 0.320 e. The van der Waals surface area contributed by atoms with E-state index < -0.39 is 12.0 Å². The Morgan fingerprint density at radius 3 is 1.83 bits per heavy atom. The summed E-state index contributed by atoms with van der Waals surface area (Å²) in [6.45, 7) is 6.61. The Hall–Kier alpha value is -1.35. The Labute approximate surface area is 147 Å². The molecule has 0 aliphatic heterocycles. The standard InChI is InChI=1S/C21H35NO2/c1-4-7-10-16-13-17(11-8-5-2)19(15-20(22)21(23)24)18(14-16)12-9-6-3/h13-14,20H,4-12,15,22H2,1-3H3,(H,23,24)/t20-/m0/s1. The molecule has 0 spiro atoms. The minimum absolute atomic E-state index is 0.446. The molecule has 136 valence electrons. The van der Waals surface area contributed by atoms with Crippen LogP contribution in [0.4, 0.5) is 0 Å². The molecule has 0 unspecified atom stereocenters. The van der Waals surface area contributed by atoms with Crippen molar-refractivity contribution in [1.82, 2.24) is 0 Å². The Kier molecular flexibility index (Phi) is 9.70. The molecular formula is C21H35NO2. The first-order chi connectivity index (χ1) is 11.5. The van der Waals surface area contributed by atoms with Crippen molar-refractivity contribution in [3.05, 3.63) is 34.4 Å². The zero-order chi connectivity index (χ0) is 17.9. The van der Waals surface area contributed by atoms with Gasteiger partial charge in [0.1, 0.15) is 6.04 Å². The average Bonchev–Trinajstić information content (AvgIpc) is 2.57. The van der Waals surface area contributed by atoms with Gasteiger partial charge in [0.2, 0.25) is 0 Å². The molecule has 1 aromatic rings. The van der Waals surface area contributed by atoms with Crippen LogP contribution in [0, 0.1) is 0 Å². The van der Waals surface area contributed by atoms with Crippen molar-refractivity contribution in [3.63, 3.8) is 0 Å². The van der Waals surface area contributed by atoms with Gasteiger partial charge in [-0.05, 0) is 67.2 Å². The van der Waals surface area contributed by atoms with E-state index >= 15 is 0 Å². The van der Waals surface area contributed by atoms with Crippen molar-refractivity contribution >= 4 is 5.97 Å². The van der Waals surface area contributed by atoms with Gasteiger partial charge in [-0.3, -0.25) is 4.79 Å². The first-order valence-corrected chi connectivity index (χ1v) is 9.65. The second-order valence-corrected chi connectivity index (χ2v) is 6.85. The van der Waals surface area contributed by atoms with Crippen LogP contribution in [0.25, 0.3) is 0 Å². The van der Waals surface area contributed by atoms with Gasteiger partial charge in [-0.1, -0.05) is 52.2 Å². The third-order valence-corrected chi connectivity index (χ3v) is 4.65. The van der Waals surface area contributed by atoms with Gasteiger partial charge in [0.05, 0.1) is 0 Å². The molecule has 0 aromatic heterocycles. The van der Waals surface area contributed by atoms with E-state index in [-0.39, 0.29) is 0 Å². The molecule has 0 saturated heterocycles. The van der Waals surface area contributed by atoms with Gasteiger partial charge >= 0.3 is 5.97 Å². The highest BCUT2D eigenvalue weighted by Gasteiger charge is 2.18. The van der Waals surface area contributed by atoms with Crippen LogP contribution in [-0.4, -0.2) is 17.1 Å². The monoisotopic (exact) mass is 333 g/mol. The van der Waals surface area contributed by atoms with E-state index in [1.54, 1.807) is 0 Å². The molecule has 3 N–H and O–H groups in total. The number of nitrogens with two attached hydrogens (primary N) is 1. The number of benzene rings is 1. The second-order valence-electron chi connectivity index (χ2n) is 6.85. The van der Waals surface area contributed by atoms with E-state index in [4.69, 9.17) is 5.73 Å². The zero-order valence-corrected chi connectivity index (χ0v) is 15.7. The number of carboxylic acids is 1. The van der Waals surface area contributed by atoms with Crippen molar-refractivity contribution in [2.24, 2.45) is 5.73 Å². The van der Waals surface area contributed by atoms with Crippen LogP contribution in [0.15, 0.2) is 12.1 Å². The predicted octanol–water partition coefficient (Wildman–Crippen LogP) is 4.67. The van der Waals surface area contributed by atoms with Crippen LogP contribution in [0.1, 0.15) is 81.5 Å². The summed E-state index contributed by atoms with van der Waals surface area (Å²) in [5.41, 5.74) is 11.1. The highest BCUT2D eigenvalue weighted by atomic mass is 16.4. The van der Waals surface area contributed by atoms with E-state index in [9.17, 15) is 9.90 Å². The van der Waals surface area contributed by atoms with Crippen molar-refractivity contribution in [1.29, 1.82) is 0 Å². The lowest BCUT2D eigenvalue weighted by Crippen LogP contribution is -2.33. The van der Waals surface area contributed by atoms with Gasteiger partial charge in [-0.25, -0.2) is 0 Å². The molecule has 3 nitrogen and oxygen atoms in total. The fraction of sp³-hybridized carbons (Fsp3) is 0.667. The third-order valence-electron chi connectivity index (χ3n) is 4.65. The number of carbonyl (C=O) groups is 1. The maximum atomic E-state index is 11.2. The summed E-state index contributed by atoms with van der Waals surface area (Å²) in [6.07, 6.45) is 10.6. The molecule has 1 atom stereocenters. The summed E-state index contributed by atoms with van der Waals surface area (Å²) >= 11 is 0. The third kappa shape index (κ3) is 6.64. The molecule has 0 aliphatic carbocycles. The van der Waals surface area contributed by atoms with Gasteiger partial charge < -0.3 is 10.8 Å². The largest absolute Gasteiger partial charge is 0.480 e. The van der Waals surface area contributed by atoms with Crippen LogP contribution in [0.2, 0.25) is 0 Å². The molecule has 3 heteroatoms. The van der Waals surface area contributed by atoms with Crippen molar-refractivity contribution < 1.29 is 9.90 Å². The van der Waals surface area contributed by atoms with Crippen LogP contribution in [0.5, 0.6) is 0 Å². The summed E-state index contributed by atoms with van der Waals surface area (Å²) in [4.78, 5) is 11.2. The number of unbranched alkanes of at least 4 members (excludes halogenated alkanes) is 3. The summed E-state index contributed by atoms with van der Waals surface area (Å²) in [6, 6.07) is 3.81. The van der Waals surface area contributed by atoms with Gasteiger partial charge in [0.25, 0.3) is 0 Å². The molecular weight excluding hydrogens is 298 g/mol. The molecule has 0 heterocycles. The molecule has 1 rings (SSSR count). The van der Waals surface area contributed by atoms with Crippen LogP contribution >= 0.6 is 0 Å². The lowest BCUT2D eigenvalue weighted by molar-refractivity contribution is -0.138. The van der Waals surface area contributed by atoms with Crippen LogP contribution in [0.3, 0.4) is 0 Å². The summed E-state index contributed by atoms with van der Waals surface area (Å²) in [5, 5.41) is 9.22. The lowest BCUT2D eigenvalue weighted by atomic mass is 9.87. The number of aryl methyl sites for hydroxylation is 3.